The summed E-state index contributed by atoms with van der Waals surface area (Å²) in [5, 5.41) is 5.75. The van der Waals surface area contributed by atoms with Gasteiger partial charge in [-0.2, -0.15) is 0 Å². The lowest BCUT2D eigenvalue weighted by atomic mass is 10.1. The summed E-state index contributed by atoms with van der Waals surface area (Å²) in [5.74, 6) is -0.556. The second-order valence-corrected chi connectivity index (χ2v) is 9.43. The molecule has 0 aromatic carbocycles. The number of hydrogen-bond acceptors (Lipinski definition) is 5. The molecule has 26 heavy (non-hydrogen) atoms. The fraction of sp³-hybridized carbons (Fsp3) is 0.611. The Bertz CT molecular complexity index is 770. The molecule has 1 unspecified atom stereocenters. The number of carbonyl (C=O) groups is 2. The van der Waals surface area contributed by atoms with Crippen molar-refractivity contribution >= 4 is 21.7 Å². The first kappa shape index (κ1) is 18.8. The summed E-state index contributed by atoms with van der Waals surface area (Å²) >= 11 is 0. The smallest absolute Gasteiger partial charge is 0.253 e. The van der Waals surface area contributed by atoms with Gasteiger partial charge in [0.15, 0.2) is 9.84 Å². The van der Waals surface area contributed by atoms with Gasteiger partial charge in [0.2, 0.25) is 0 Å². The molecule has 8 heteroatoms. The van der Waals surface area contributed by atoms with Gasteiger partial charge >= 0.3 is 0 Å². The molecule has 3 rings (SSSR count). The highest BCUT2D eigenvalue weighted by molar-refractivity contribution is 7.91. The van der Waals surface area contributed by atoms with Crippen LogP contribution >= 0.6 is 0 Å². The van der Waals surface area contributed by atoms with E-state index in [1.165, 1.54) is 31.3 Å². The van der Waals surface area contributed by atoms with Gasteiger partial charge in [-0.25, -0.2) is 8.42 Å². The number of nitrogens with one attached hydrogen (secondary N) is 2. The first-order valence-electron chi connectivity index (χ1n) is 9.20. The van der Waals surface area contributed by atoms with Gasteiger partial charge in [-0.05, 0) is 25.3 Å². The van der Waals surface area contributed by atoms with Gasteiger partial charge in [0.25, 0.3) is 11.8 Å². The Balaban J connectivity index is 1.61. The van der Waals surface area contributed by atoms with E-state index in [2.05, 4.69) is 15.6 Å². The first-order chi connectivity index (χ1) is 12.4. The molecule has 2 heterocycles. The number of amides is 2. The van der Waals surface area contributed by atoms with E-state index in [1.807, 2.05) is 0 Å². The summed E-state index contributed by atoms with van der Waals surface area (Å²) in [6.07, 6.45) is 9.88. The van der Waals surface area contributed by atoms with Crippen LogP contribution in [-0.2, 0) is 9.84 Å². The molecule has 7 nitrogen and oxygen atoms in total. The Morgan fingerprint density at radius 2 is 1.46 bits per heavy atom. The van der Waals surface area contributed by atoms with Crippen molar-refractivity contribution in [2.45, 2.75) is 57.0 Å². The van der Waals surface area contributed by atoms with Crippen molar-refractivity contribution < 1.29 is 18.0 Å². The molecule has 1 saturated carbocycles. The van der Waals surface area contributed by atoms with Crippen LogP contribution in [0.5, 0.6) is 0 Å². The molecule has 0 bridgehead atoms. The Kier molecular flexibility index (Phi) is 5.90. The number of carbonyl (C=O) groups excluding carboxylic acids is 2. The second kappa shape index (κ2) is 8.16. The number of aromatic nitrogens is 1. The topological polar surface area (TPSA) is 105 Å². The molecule has 1 saturated heterocycles. The number of nitrogens with zero attached hydrogens (tertiary/aromatic N) is 1. The fourth-order valence-electron chi connectivity index (χ4n) is 3.56. The van der Waals surface area contributed by atoms with Crippen molar-refractivity contribution in [2.75, 3.05) is 11.5 Å². The molecule has 2 aliphatic rings. The van der Waals surface area contributed by atoms with E-state index < -0.39 is 15.7 Å². The van der Waals surface area contributed by atoms with Crippen LogP contribution < -0.4 is 10.6 Å². The maximum absolute atomic E-state index is 12.5. The van der Waals surface area contributed by atoms with Crippen LogP contribution in [0.1, 0.15) is 65.7 Å². The summed E-state index contributed by atoms with van der Waals surface area (Å²) in [5.41, 5.74) is 0.615. The molecule has 1 aromatic rings. The molecular formula is C18H25N3O4S. The quantitative estimate of drug-likeness (QED) is 0.771. The van der Waals surface area contributed by atoms with E-state index in [4.69, 9.17) is 0 Å². The van der Waals surface area contributed by atoms with Gasteiger partial charge in [-0.15, -0.1) is 0 Å². The molecule has 1 atom stereocenters. The molecule has 1 aliphatic carbocycles. The molecule has 142 valence electrons. The van der Waals surface area contributed by atoms with E-state index >= 15 is 0 Å². The zero-order chi connectivity index (χ0) is 18.6. The average Bonchev–Trinajstić information content (AvgIpc) is 2.80. The van der Waals surface area contributed by atoms with E-state index in [1.54, 1.807) is 0 Å². The van der Waals surface area contributed by atoms with Crippen molar-refractivity contribution in [3.8, 4) is 0 Å². The SMILES string of the molecule is O=C(NC1CCCCCC1)c1cncc(C(=O)NC2CCS(=O)(=O)C2)c1. The largest absolute Gasteiger partial charge is 0.349 e. The van der Waals surface area contributed by atoms with E-state index in [9.17, 15) is 18.0 Å². The Hall–Kier alpha value is -1.96. The minimum atomic E-state index is -3.06. The van der Waals surface area contributed by atoms with Crippen molar-refractivity contribution in [1.29, 1.82) is 0 Å². The fourth-order valence-corrected chi connectivity index (χ4v) is 5.23. The maximum atomic E-state index is 12.5. The zero-order valence-corrected chi connectivity index (χ0v) is 15.6. The summed E-state index contributed by atoms with van der Waals surface area (Å²) in [6.45, 7) is 0. The Morgan fingerprint density at radius 1 is 0.885 bits per heavy atom. The minimum absolute atomic E-state index is 0.0337. The molecule has 2 N–H and O–H groups in total. The molecule has 2 amide bonds. The van der Waals surface area contributed by atoms with Crippen LogP contribution in [-0.4, -0.2) is 48.8 Å². The highest BCUT2D eigenvalue weighted by Gasteiger charge is 2.29. The van der Waals surface area contributed by atoms with Gasteiger partial charge in [0.1, 0.15) is 0 Å². The summed E-state index contributed by atoms with van der Waals surface area (Å²) < 4.78 is 23.0. The van der Waals surface area contributed by atoms with Crippen molar-refractivity contribution in [3.63, 3.8) is 0 Å². The summed E-state index contributed by atoms with van der Waals surface area (Å²) in [7, 11) is -3.06. The Morgan fingerprint density at radius 3 is 2.00 bits per heavy atom. The van der Waals surface area contributed by atoms with Gasteiger partial charge in [0.05, 0.1) is 22.6 Å². The Labute approximate surface area is 153 Å². The van der Waals surface area contributed by atoms with Gasteiger partial charge in [0, 0.05) is 24.5 Å². The molecule has 1 aliphatic heterocycles. The lowest BCUT2D eigenvalue weighted by molar-refractivity contribution is 0.0933. The minimum Gasteiger partial charge on any atom is -0.349 e. The van der Waals surface area contributed by atoms with Crippen LogP contribution in [0.3, 0.4) is 0 Å². The predicted molar refractivity (Wildman–Crippen MR) is 97.7 cm³/mol. The zero-order valence-electron chi connectivity index (χ0n) is 14.7. The maximum Gasteiger partial charge on any atom is 0.253 e. The van der Waals surface area contributed by atoms with Gasteiger partial charge < -0.3 is 10.6 Å². The lowest BCUT2D eigenvalue weighted by Gasteiger charge is -2.16. The number of hydrogen-bond donors (Lipinski definition) is 2. The number of sulfone groups is 1. The van der Waals surface area contributed by atoms with E-state index in [-0.39, 0.29) is 35.1 Å². The number of rotatable bonds is 4. The van der Waals surface area contributed by atoms with Gasteiger partial charge in [-0.1, -0.05) is 25.7 Å². The van der Waals surface area contributed by atoms with Crippen LogP contribution in [0.4, 0.5) is 0 Å². The van der Waals surface area contributed by atoms with Crippen LogP contribution in [0, 0.1) is 0 Å². The van der Waals surface area contributed by atoms with E-state index in [0.717, 1.165) is 25.7 Å². The summed E-state index contributed by atoms with van der Waals surface area (Å²) in [4.78, 5) is 28.8. The molecule has 1 aromatic heterocycles. The van der Waals surface area contributed by atoms with Crippen molar-refractivity contribution in [2.24, 2.45) is 0 Å². The van der Waals surface area contributed by atoms with Crippen LogP contribution in [0.15, 0.2) is 18.5 Å². The second-order valence-electron chi connectivity index (χ2n) is 7.20. The third kappa shape index (κ3) is 5.03. The standard InChI is InChI=1S/C18H25N3O4S/c22-17(20-15-5-3-1-2-4-6-15)13-9-14(11-19-10-13)18(23)21-16-7-8-26(24,25)12-16/h9-11,15-16H,1-8,12H2,(H,20,22)(H,21,23). The molecule has 2 fully saturated rings. The average molecular weight is 379 g/mol. The third-order valence-electron chi connectivity index (χ3n) is 5.02. The molecular weight excluding hydrogens is 354 g/mol. The monoisotopic (exact) mass is 379 g/mol. The van der Waals surface area contributed by atoms with Crippen LogP contribution in [0.25, 0.3) is 0 Å². The highest BCUT2D eigenvalue weighted by Crippen LogP contribution is 2.18. The third-order valence-corrected chi connectivity index (χ3v) is 6.79. The lowest BCUT2D eigenvalue weighted by Crippen LogP contribution is -2.36. The highest BCUT2D eigenvalue weighted by atomic mass is 32.2. The number of pyridine rings is 1. The normalized spacial score (nSPS) is 23.2. The van der Waals surface area contributed by atoms with Crippen molar-refractivity contribution in [3.05, 3.63) is 29.6 Å². The van der Waals surface area contributed by atoms with Crippen LogP contribution in [0.2, 0.25) is 0 Å². The first-order valence-corrected chi connectivity index (χ1v) is 11.0. The summed E-state index contributed by atoms with van der Waals surface area (Å²) in [6, 6.07) is 1.31. The predicted octanol–water partition coefficient (Wildman–Crippen LogP) is 1.45. The molecule has 0 radical (unpaired) electrons. The molecule has 0 spiro atoms. The van der Waals surface area contributed by atoms with Crippen molar-refractivity contribution in [1.82, 2.24) is 15.6 Å². The van der Waals surface area contributed by atoms with Gasteiger partial charge in [-0.3, -0.25) is 14.6 Å². The van der Waals surface area contributed by atoms with E-state index in [0.29, 0.717) is 12.0 Å².